The van der Waals surface area contributed by atoms with E-state index >= 15 is 0 Å². The minimum Gasteiger partial charge on any atom is -0.377 e. The second-order valence-electron chi connectivity index (χ2n) is 1.56. The first-order valence-electron chi connectivity index (χ1n) is 2.89. The fourth-order valence-corrected chi connectivity index (χ4v) is 0.440. The maximum Gasteiger partial charge on any atom is 0.263 e. The molecule has 1 heterocycles. The third kappa shape index (κ3) is 10.5. The minimum absolute atomic E-state index is 0.778. The Kier molecular flexibility index (Phi) is 6.32. The third-order valence-electron chi connectivity index (χ3n) is 0.744. The Morgan fingerprint density at radius 1 is 1.00 bits per heavy atom. The van der Waals surface area contributed by atoms with Crippen LogP contribution in [0.4, 0.5) is 8.78 Å². The SMILES string of the molecule is C1COCCO1.C=C(F)F. The largest absolute Gasteiger partial charge is 0.377 e. The normalized spacial score (nSPS) is 17.0. The van der Waals surface area contributed by atoms with Crippen LogP contribution in [0.3, 0.4) is 0 Å². The molecule has 60 valence electrons. The van der Waals surface area contributed by atoms with Crippen LogP contribution in [-0.2, 0) is 9.47 Å². The molecule has 0 N–H and O–H groups in total. The van der Waals surface area contributed by atoms with E-state index in [9.17, 15) is 8.78 Å². The Hall–Kier alpha value is -0.480. The molecule has 0 amide bonds. The monoisotopic (exact) mass is 152 g/mol. The summed E-state index contributed by atoms with van der Waals surface area (Å²) in [7, 11) is 0. The van der Waals surface area contributed by atoms with Gasteiger partial charge in [0.2, 0.25) is 0 Å². The number of ether oxygens (including phenoxy) is 2. The van der Waals surface area contributed by atoms with Gasteiger partial charge in [-0.05, 0) is 6.58 Å². The predicted molar refractivity (Wildman–Crippen MR) is 33.0 cm³/mol. The summed E-state index contributed by atoms with van der Waals surface area (Å²) in [5.41, 5.74) is 0. The van der Waals surface area contributed by atoms with Crippen molar-refractivity contribution < 1.29 is 18.3 Å². The predicted octanol–water partition coefficient (Wildman–Crippen LogP) is 1.43. The zero-order valence-corrected chi connectivity index (χ0v) is 5.61. The van der Waals surface area contributed by atoms with E-state index in [4.69, 9.17) is 9.47 Å². The summed E-state index contributed by atoms with van der Waals surface area (Å²) < 4.78 is 30.2. The van der Waals surface area contributed by atoms with Crippen LogP contribution in [0.2, 0.25) is 0 Å². The van der Waals surface area contributed by atoms with Gasteiger partial charge in [0.1, 0.15) is 0 Å². The third-order valence-corrected chi connectivity index (χ3v) is 0.744. The number of hydrogen-bond donors (Lipinski definition) is 0. The zero-order chi connectivity index (χ0) is 7.82. The van der Waals surface area contributed by atoms with Gasteiger partial charge < -0.3 is 9.47 Å². The standard InChI is InChI=1S/C4H8O2.C2H2F2/c1-2-6-4-3-5-1;1-2(3)4/h1-4H2;1H2. The second kappa shape index (κ2) is 6.64. The molecular weight excluding hydrogens is 142 g/mol. The molecule has 1 aliphatic rings. The molecule has 0 aromatic carbocycles. The maximum absolute atomic E-state index is 10.1. The highest BCUT2D eigenvalue weighted by Crippen LogP contribution is 1.85. The van der Waals surface area contributed by atoms with Crippen LogP contribution in [0.25, 0.3) is 0 Å². The molecule has 1 aliphatic heterocycles. The molecular formula is C6H10F2O2. The van der Waals surface area contributed by atoms with Gasteiger partial charge in [0.15, 0.2) is 0 Å². The molecule has 0 radical (unpaired) electrons. The number of halogens is 2. The van der Waals surface area contributed by atoms with Crippen molar-refractivity contribution in [2.45, 2.75) is 0 Å². The van der Waals surface area contributed by atoms with Gasteiger partial charge in [-0.3, -0.25) is 0 Å². The Morgan fingerprint density at radius 2 is 1.20 bits per heavy atom. The molecule has 2 nitrogen and oxygen atoms in total. The van der Waals surface area contributed by atoms with Crippen molar-refractivity contribution in [3.05, 3.63) is 12.7 Å². The van der Waals surface area contributed by atoms with Crippen molar-refractivity contribution >= 4 is 0 Å². The van der Waals surface area contributed by atoms with Gasteiger partial charge in [0.25, 0.3) is 6.08 Å². The summed E-state index contributed by atoms with van der Waals surface area (Å²) in [4.78, 5) is 0. The van der Waals surface area contributed by atoms with E-state index in [2.05, 4.69) is 6.58 Å². The van der Waals surface area contributed by atoms with Gasteiger partial charge in [0, 0.05) is 0 Å². The van der Waals surface area contributed by atoms with Gasteiger partial charge in [-0.15, -0.1) is 0 Å². The number of rotatable bonds is 0. The molecule has 0 aliphatic carbocycles. The average Bonchev–Trinajstić information content (AvgIpc) is 1.90. The summed E-state index contributed by atoms with van der Waals surface area (Å²) in [5.74, 6) is 0. The lowest BCUT2D eigenvalue weighted by Crippen LogP contribution is -2.16. The van der Waals surface area contributed by atoms with Crippen molar-refractivity contribution in [2.24, 2.45) is 0 Å². The van der Waals surface area contributed by atoms with Crippen LogP contribution < -0.4 is 0 Å². The van der Waals surface area contributed by atoms with Crippen molar-refractivity contribution in [3.8, 4) is 0 Å². The lowest BCUT2D eigenvalue weighted by Gasteiger charge is -2.09. The van der Waals surface area contributed by atoms with Crippen LogP contribution in [0.1, 0.15) is 0 Å². The van der Waals surface area contributed by atoms with Crippen LogP contribution in [-0.4, -0.2) is 26.4 Å². The fourth-order valence-electron chi connectivity index (χ4n) is 0.440. The van der Waals surface area contributed by atoms with E-state index in [1.165, 1.54) is 0 Å². The lowest BCUT2D eigenvalue weighted by molar-refractivity contribution is -0.0334. The van der Waals surface area contributed by atoms with Crippen molar-refractivity contribution in [2.75, 3.05) is 26.4 Å². The molecule has 0 spiro atoms. The van der Waals surface area contributed by atoms with E-state index in [1.807, 2.05) is 0 Å². The van der Waals surface area contributed by atoms with Gasteiger partial charge in [-0.25, -0.2) is 0 Å². The van der Waals surface area contributed by atoms with Gasteiger partial charge in [-0.1, -0.05) is 0 Å². The van der Waals surface area contributed by atoms with Crippen LogP contribution >= 0.6 is 0 Å². The number of hydrogen-bond acceptors (Lipinski definition) is 2. The van der Waals surface area contributed by atoms with E-state index in [-0.39, 0.29) is 0 Å². The summed E-state index contributed by atoms with van der Waals surface area (Å²) in [6, 6.07) is 0. The van der Waals surface area contributed by atoms with Gasteiger partial charge >= 0.3 is 0 Å². The van der Waals surface area contributed by atoms with Crippen LogP contribution in [0.15, 0.2) is 12.7 Å². The highest BCUT2D eigenvalue weighted by atomic mass is 19.3. The molecule has 10 heavy (non-hydrogen) atoms. The van der Waals surface area contributed by atoms with Crippen molar-refractivity contribution in [1.82, 2.24) is 0 Å². The molecule has 0 unspecified atom stereocenters. The van der Waals surface area contributed by atoms with Crippen LogP contribution in [0.5, 0.6) is 0 Å². The molecule has 0 aromatic heterocycles. The molecule has 1 rings (SSSR count). The zero-order valence-electron chi connectivity index (χ0n) is 5.61. The molecule has 4 heteroatoms. The summed E-state index contributed by atoms with van der Waals surface area (Å²) >= 11 is 0. The molecule has 0 aromatic rings. The van der Waals surface area contributed by atoms with Gasteiger partial charge in [0.05, 0.1) is 26.4 Å². The highest BCUT2D eigenvalue weighted by Gasteiger charge is 1.94. The van der Waals surface area contributed by atoms with E-state index in [0.29, 0.717) is 0 Å². The average molecular weight is 152 g/mol. The van der Waals surface area contributed by atoms with Crippen molar-refractivity contribution in [1.29, 1.82) is 0 Å². The van der Waals surface area contributed by atoms with Crippen molar-refractivity contribution in [3.63, 3.8) is 0 Å². The summed E-state index contributed by atoms with van der Waals surface area (Å²) in [6.07, 6.45) is -1.83. The second-order valence-corrected chi connectivity index (χ2v) is 1.56. The first-order chi connectivity index (χ1) is 4.73. The van der Waals surface area contributed by atoms with E-state index in [0.717, 1.165) is 26.4 Å². The van der Waals surface area contributed by atoms with Crippen LogP contribution in [0, 0.1) is 0 Å². The molecule has 0 bridgehead atoms. The Balaban J connectivity index is 0.000000180. The maximum atomic E-state index is 10.1. The smallest absolute Gasteiger partial charge is 0.263 e. The molecule has 1 fully saturated rings. The van der Waals surface area contributed by atoms with E-state index in [1.54, 1.807) is 0 Å². The summed E-state index contributed by atoms with van der Waals surface area (Å²) in [6.45, 7) is 5.33. The Morgan fingerprint density at radius 3 is 1.30 bits per heavy atom. The Labute approximate surface area is 58.4 Å². The summed E-state index contributed by atoms with van der Waals surface area (Å²) in [5, 5.41) is 0. The Bertz CT molecular complexity index is 76.2. The quantitative estimate of drug-likeness (QED) is 0.522. The lowest BCUT2D eigenvalue weighted by atomic mass is 10.6. The first kappa shape index (κ1) is 9.52. The fraction of sp³-hybridized carbons (Fsp3) is 0.667. The van der Waals surface area contributed by atoms with E-state index < -0.39 is 6.08 Å². The van der Waals surface area contributed by atoms with Gasteiger partial charge in [-0.2, -0.15) is 8.78 Å². The topological polar surface area (TPSA) is 18.5 Å². The highest BCUT2D eigenvalue weighted by molar-refractivity contribution is 4.57. The molecule has 0 atom stereocenters. The molecule has 0 saturated carbocycles. The minimum atomic E-state index is -1.83. The molecule has 1 saturated heterocycles. The first-order valence-corrected chi connectivity index (χ1v) is 2.89.